The van der Waals surface area contributed by atoms with Crippen LogP contribution < -0.4 is 4.90 Å². The van der Waals surface area contributed by atoms with E-state index < -0.39 is 0 Å². The van der Waals surface area contributed by atoms with E-state index in [4.69, 9.17) is 0 Å². The van der Waals surface area contributed by atoms with E-state index in [1.807, 2.05) is 22.7 Å². The molecule has 61 heavy (non-hydrogen) atoms. The number of thiophene rings is 2. The Bertz CT molecular complexity index is 3570. The van der Waals surface area contributed by atoms with E-state index in [1.54, 1.807) is 0 Å². The number of hydrogen-bond donors (Lipinski definition) is 0. The van der Waals surface area contributed by atoms with Crippen LogP contribution in [0.2, 0.25) is 0 Å². The molecule has 10 aromatic carbocycles. The molecule has 0 fully saturated rings. The van der Waals surface area contributed by atoms with Crippen molar-refractivity contribution in [1.29, 1.82) is 0 Å². The largest absolute Gasteiger partial charge is 0.310 e. The molecule has 0 saturated carbocycles. The minimum absolute atomic E-state index is 1.11. The molecule has 0 aliphatic heterocycles. The van der Waals surface area contributed by atoms with Crippen LogP contribution in [0.25, 0.3) is 95.6 Å². The number of fused-ring (bicyclic) bond motifs is 7. The molecular weight excluding hydrogens is 775 g/mol. The van der Waals surface area contributed by atoms with E-state index in [2.05, 4.69) is 229 Å². The Morgan fingerprint density at radius 1 is 0.311 bits per heavy atom. The van der Waals surface area contributed by atoms with E-state index in [-0.39, 0.29) is 0 Å². The average molecular weight is 812 g/mol. The molecule has 0 bridgehead atoms. The van der Waals surface area contributed by atoms with Crippen LogP contribution in [0.1, 0.15) is 0 Å². The smallest absolute Gasteiger partial charge is 0.0555 e. The van der Waals surface area contributed by atoms with Crippen molar-refractivity contribution in [3.05, 3.63) is 224 Å². The first-order chi connectivity index (χ1) is 30.2. The van der Waals surface area contributed by atoms with Crippen LogP contribution in [0.5, 0.6) is 0 Å². The summed E-state index contributed by atoms with van der Waals surface area (Å²) in [6.45, 7) is 0. The van der Waals surface area contributed by atoms with Gasteiger partial charge in [0.15, 0.2) is 0 Å². The predicted molar refractivity (Wildman–Crippen MR) is 266 cm³/mol. The van der Waals surface area contributed by atoms with Gasteiger partial charge in [0.1, 0.15) is 0 Å². The fraction of sp³-hybridized carbons (Fsp3) is 0. The fourth-order valence-electron chi connectivity index (χ4n) is 9.20. The van der Waals surface area contributed by atoms with Gasteiger partial charge in [-0.05, 0) is 104 Å². The fourth-order valence-corrected chi connectivity index (χ4v) is 11.6. The Morgan fingerprint density at radius 2 is 0.918 bits per heavy atom. The first kappa shape index (κ1) is 35.6. The van der Waals surface area contributed by atoms with Gasteiger partial charge in [-0.15, -0.1) is 22.7 Å². The normalized spacial score (nSPS) is 11.6. The summed E-state index contributed by atoms with van der Waals surface area (Å²) in [6, 6.07) is 82.4. The van der Waals surface area contributed by atoms with Gasteiger partial charge in [-0.2, -0.15) is 0 Å². The minimum atomic E-state index is 1.11. The van der Waals surface area contributed by atoms with Gasteiger partial charge < -0.3 is 4.90 Å². The number of nitrogens with zero attached hydrogens (tertiary/aromatic N) is 1. The predicted octanol–water partition coefficient (Wildman–Crippen LogP) is 17.7. The van der Waals surface area contributed by atoms with Crippen molar-refractivity contribution < 1.29 is 0 Å². The summed E-state index contributed by atoms with van der Waals surface area (Å²) in [5, 5.41) is 7.59. The summed E-state index contributed by atoms with van der Waals surface area (Å²) in [4.78, 5) is 2.49. The zero-order valence-electron chi connectivity index (χ0n) is 33.1. The van der Waals surface area contributed by atoms with Gasteiger partial charge in [-0.1, -0.05) is 176 Å². The summed E-state index contributed by atoms with van der Waals surface area (Å²) in [7, 11) is 0. The second-order valence-electron chi connectivity index (χ2n) is 15.6. The van der Waals surface area contributed by atoms with Gasteiger partial charge in [-0.25, -0.2) is 0 Å². The number of anilines is 3. The minimum Gasteiger partial charge on any atom is -0.310 e. The molecule has 0 amide bonds. The van der Waals surface area contributed by atoms with Crippen molar-refractivity contribution >= 4 is 90.9 Å². The van der Waals surface area contributed by atoms with E-state index in [9.17, 15) is 0 Å². The lowest BCUT2D eigenvalue weighted by atomic mass is 9.89. The number of hydrogen-bond acceptors (Lipinski definition) is 3. The standard InChI is InChI=1S/C58H37NS2/c1-4-14-38(15-5-1)43-27-32-49-51-37-45(30-35-54(51)60-55(49)36-43)59(52-34-33-48(40-18-8-3-9-19-40)58-57(52)50-22-12-13-23-53(50)61-58)44-28-24-42(25-29-44)56-46-21-11-10-20-41(46)26-31-47(56)39-16-6-2-7-17-39/h1-37H. The maximum Gasteiger partial charge on any atom is 0.0555 e. The topological polar surface area (TPSA) is 3.24 Å². The first-order valence-electron chi connectivity index (χ1n) is 20.7. The summed E-state index contributed by atoms with van der Waals surface area (Å²) in [5.74, 6) is 0. The van der Waals surface area contributed by atoms with Crippen LogP contribution in [0, 0.1) is 0 Å². The lowest BCUT2D eigenvalue weighted by Gasteiger charge is -2.27. The van der Waals surface area contributed by atoms with Gasteiger partial charge in [0.05, 0.1) is 5.69 Å². The van der Waals surface area contributed by atoms with Crippen molar-refractivity contribution in [3.8, 4) is 44.5 Å². The summed E-state index contributed by atoms with van der Waals surface area (Å²) >= 11 is 3.76. The van der Waals surface area contributed by atoms with Crippen LogP contribution >= 0.6 is 22.7 Å². The molecule has 12 aromatic rings. The molecule has 286 valence electrons. The molecule has 0 N–H and O–H groups in total. The second-order valence-corrected chi connectivity index (χ2v) is 17.8. The molecule has 0 aliphatic carbocycles. The Balaban J connectivity index is 1.08. The molecule has 0 atom stereocenters. The molecule has 0 aliphatic rings. The number of rotatable bonds is 7. The lowest BCUT2D eigenvalue weighted by Crippen LogP contribution is -2.10. The first-order valence-corrected chi connectivity index (χ1v) is 22.4. The van der Waals surface area contributed by atoms with Crippen LogP contribution in [0.4, 0.5) is 17.1 Å². The SMILES string of the molecule is c1ccc(-c2ccc3c(c2)sc2ccc(N(c4ccc(-c5c(-c6ccccc6)ccc6ccccc56)cc4)c4ccc(-c5ccccc5)c5sc6ccccc6c45)cc23)cc1. The maximum atomic E-state index is 2.49. The second kappa shape index (κ2) is 14.8. The van der Waals surface area contributed by atoms with Crippen LogP contribution in [-0.2, 0) is 0 Å². The third-order valence-corrected chi connectivity index (χ3v) is 14.4. The molecule has 12 rings (SSSR count). The van der Waals surface area contributed by atoms with Crippen molar-refractivity contribution in [3.63, 3.8) is 0 Å². The van der Waals surface area contributed by atoms with E-state index >= 15 is 0 Å². The Labute approximate surface area is 362 Å². The number of benzene rings is 10. The maximum absolute atomic E-state index is 2.49. The van der Waals surface area contributed by atoms with Crippen molar-refractivity contribution in [2.75, 3.05) is 4.90 Å². The van der Waals surface area contributed by atoms with Gasteiger partial charge in [0, 0.05) is 51.7 Å². The summed E-state index contributed by atoms with van der Waals surface area (Å²) < 4.78 is 5.17. The van der Waals surface area contributed by atoms with Crippen LogP contribution in [0.15, 0.2) is 224 Å². The van der Waals surface area contributed by atoms with E-state index in [0.717, 1.165) is 11.4 Å². The highest BCUT2D eigenvalue weighted by Crippen LogP contribution is 2.50. The van der Waals surface area contributed by atoms with Crippen molar-refractivity contribution in [1.82, 2.24) is 0 Å². The highest BCUT2D eigenvalue weighted by Gasteiger charge is 2.22. The highest BCUT2D eigenvalue weighted by molar-refractivity contribution is 7.26. The van der Waals surface area contributed by atoms with Crippen molar-refractivity contribution in [2.24, 2.45) is 0 Å². The highest BCUT2D eigenvalue weighted by atomic mass is 32.1. The molecule has 0 radical (unpaired) electrons. The van der Waals surface area contributed by atoms with Gasteiger partial charge in [0.25, 0.3) is 0 Å². The average Bonchev–Trinajstić information content (AvgIpc) is 3.91. The Morgan fingerprint density at radius 3 is 1.69 bits per heavy atom. The molecule has 0 unspecified atom stereocenters. The molecule has 0 spiro atoms. The molecular formula is C58H37NS2. The summed E-state index contributed by atoms with van der Waals surface area (Å²) in [6.07, 6.45) is 0. The monoisotopic (exact) mass is 811 g/mol. The van der Waals surface area contributed by atoms with Gasteiger partial charge in [0.2, 0.25) is 0 Å². The molecule has 0 saturated heterocycles. The van der Waals surface area contributed by atoms with E-state index in [1.165, 1.54) is 101 Å². The quantitative estimate of drug-likeness (QED) is 0.155. The molecule has 1 nitrogen and oxygen atoms in total. The third kappa shape index (κ3) is 6.13. The van der Waals surface area contributed by atoms with Crippen molar-refractivity contribution in [2.45, 2.75) is 0 Å². The van der Waals surface area contributed by atoms with E-state index in [0.29, 0.717) is 0 Å². The van der Waals surface area contributed by atoms with Crippen LogP contribution in [0.3, 0.4) is 0 Å². The zero-order valence-corrected chi connectivity index (χ0v) is 34.8. The van der Waals surface area contributed by atoms with Gasteiger partial charge in [-0.3, -0.25) is 0 Å². The molecule has 2 aromatic heterocycles. The lowest BCUT2D eigenvalue weighted by molar-refractivity contribution is 1.31. The van der Waals surface area contributed by atoms with Crippen LogP contribution in [-0.4, -0.2) is 0 Å². The third-order valence-electron chi connectivity index (χ3n) is 12.1. The molecule has 3 heteroatoms. The summed E-state index contributed by atoms with van der Waals surface area (Å²) in [5.41, 5.74) is 13.3. The Hall–Kier alpha value is -7.30. The van der Waals surface area contributed by atoms with Gasteiger partial charge >= 0.3 is 0 Å². The zero-order chi connectivity index (χ0) is 40.3. The Kier molecular flexibility index (Phi) is 8.62. The molecule has 2 heterocycles.